The lowest BCUT2D eigenvalue weighted by molar-refractivity contribution is -0.136. The first-order valence-corrected chi connectivity index (χ1v) is 7.83. The number of nitrogen functional groups attached to an aromatic ring is 1. The van der Waals surface area contributed by atoms with Crippen molar-refractivity contribution >= 4 is 23.2 Å². The minimum atomic E-state index is -4.65. The molecule has 3 heterocycles. The van der Waals surface area contributed by atoms with Crippen LogP contribution in [-0.2, 0) is 6.18 Å². The molecule has 1 aromatic carbocycles. The molecule has 3 N–H and O–H groups in total. The number of rotatable bonds is 2. The maximum absolute atomic E-state index is 13.0. The molecule has 2 bridgehead atoms. The van der Waals surface area contributed by atoms with Crippen molar-refractivity contribution in [2.75, 3.05) is 25.4 Å². The van der Waals surface area contributed by atoms with Gasteiger partial charge in [0.2, 0.25) is 0 Å². The number of carbonyl (C=O) groups is 1. The Kier molecular flexibility index (Phi) is 4.18. The molecule has 8 heteroatoms. The standard InChI is InChI=1S/C15H17ClF3N3O/c16-11-6-9(5-10(13(11)20)15(17,18)19)14(23)21-12-7-22-3-1-8(12)2-4-22/h5-6,8,12H,1-4,7,20H2,(H,21,23). The fraction of sp³-hybridized carbons (Fsp3) is 0.533. The van der Waals surface area contributed by atoms with Gasteiger partial charge in [0.05, 0.1) is 16.3 Å². The summed E-state index contributed by atoms with van der Waals surface area (Å²) in [6.07, 6.45) is -2.65. The lowest BCUT2D eigenvalue weighted by Gasteiger charge is -2.44. The van der Waals surface area contributed by atoms with E-state index in [-0.39, 0.29) is 16.6 Å². The normalized spacial score (nSPS) is 27.0. The second kappa shape index (κ2) is 5.87. The van der Waals surface area contributed by atoms with Crippen LogP contribution in [0.4, 0.5) is 18.9 Å². The first kappa shape index (κ1) is 16.4. The summed E-state index contributed by atoms with van der Waals surface area (Å²) in [5.41, 5.74) is 3.63. The van der Waals surface area contributed by atoms with Crippen molar-refractivity contribution in [2.45, 2.75) is 25.1 Å². The number of nitrogens with two attached hydrogens (primary N) is 1. The number of piperidine rings is 3. The molecule has 4 rings (SSSR count). The minimum absolute atomic E-state index is 0.0318. The number of anilines is 1. The molecule has 0 spiro atoms. The number of hydrogen-bond acceptors (Lipinski definition) is 3. The SMILES string of the molecule is Nc1c(Cl)cc(C(=O)NC2CN3CCC2CC3)cc1C(F)(F)F. The fourth-order valence-corrected chi connectivity index (χ4v) is 3.58. The van der Waals surface area contributed by atoms with Gasteiger partial charge < -0.3 is 16.0 Å². The zero-order chi connectivity index (χ0) is 16.8. The van der Waals surface area contributed by atoms with Gasteiger partial charge in [-0.15, -0.1) is 0 Å². The number of nitrogens with zero attached hydrogens (tertiary/aromatic N) is 1. The van der Waals surface area contributed by atoms with Crippen molar-refractivity contribution in [3.63, 3.8) is 0 Å². The van der Waals surface area contributed by atoms with E-state index < -0.39 is 23.3 Å². The molecule has 4 nitrogen and oxygen atoms in total. The Morgan fingerprint density at radius 1 is 1.30 bits per heavy atom. The predicted molar refractivity (Wildman–Crippen MR) is 81.3 cm³/mol. The molecule has 3 saturated heterocycles. The number of nitrogens with one attached hydrogen (secondary N) is 1. The largest absolute Gasteiger partial charge is 0.418 e. The second-order valence-corrected chi connectivity index (χ2v) is 6.54. The van der Waals surface area contributed by atoms with Crippen molar-refractivity contribution < 1.29 is 18.0 Å². The van der Waals surface area contributed by atoms with E-state index in [2.05, 4.69) is 10.2 Å². The van der Waals surface area contributed by atoms with E-state index in [1.165, 1.54) is 6.07 Å². The quantitative estimate of drug-likeness (QED) is 0.809. The van der Waals surface area contributed by atoms with E-state index >= 15 is 0 Å². The number of benzene rings is 1. The summed E-state index contributed by atoms with van der Waals surface area (Å²) in [7, 11) is 0. The van der Waals surface area contributed by atoms with Crippen LogP contribution < -0.4 is 11.1 Å². The molecule has 0 radical (unpaired) electrons. The second-order valence-electron chi connectivity index (χ2n) is 6.14. The summed E-state index contributed by atoms with van der Waals surface area (Å²) in [4.78, 5) is 14.6. The van der Waals surface area contributed by atoms with E-state index in [0.717, 1.165) is 38.5 Å². The number of alkyl halides is 3. The van der Waals surface area contributed by atoms with Gasteiger partial charge >= 0.3 is 6.18 Å². The monoisotopic (exact) mass is 347 g/mol. The Balaban J connectivity index is 1.81. The Hall–Kier alpha value is -1.47. The van der Waals surface area contributed by atoms with Crippen LogP contribution in [0.3, 0.4) is 0 Å². The number of amides is 1. The molecular weight excluding hydrogens is 331 g/mol. The molecule has 0 saturated carbocycles. The van der Waals surface area contributed by atoms with Crippen molar-refractivity contribution in [3.05, 3.63) is 28.3 Å². The van der Waals surface area contributed by atoms with E-state index in [1.807, 2.05) is 0 Å². The summed E-state index contributed by atoms with van der Waals surface area (Å²) >= 11 is 5.76. The van der Waals surface area contributed by atoms with Crippen LogP contribution in [0.25, 0.3) is 0 Å². The van der Waals surface area contributed by atoms with Crippen LogP contribution >= 0.6 is 11.6 Å². The van der Waals surface area contributed by atoms with E-state index in [0.29, 0.717) is 5.92 Å². The van der Waals surface area contributed by atoms with Crippen molar-refractivity contribution in [1.29, 1.82) is 0 Å². The molecule has 126 valence electrons. The van der Waals surface area contributed by atoms with Crippen LogP contribution in [0, 0.1) is 5.92 Å². The summed E-state index contributed by atoms with van der Waals surface area (Å²) < 4.78 is 38.9. The summed E-state index contributed by atoms with van der Waals surface area (Å²) in [6.45, 7) is 2.77. The molecular formula is C15H17ClF3N3O. The third-order valence-electron chi connectivity index (χ3n) is 4.67. The fourth-order valence-electron chi connectivity index (χ4n) is 3.36. The van der Waals surface area contributed by atoms with Gasteiger partial charge in [-0.2, -0.15) is 13.2 Å². The first-order valence-electron chi connectivity index (χ1n) is 7.45. The van der Waals surface area contributed by atoms with Gasteiger partial charge in [0.15, 0.2) is 0 Å². The van der Waals surface area contributed by atoms with Gasteiger partial charge in [-0.1, -0.05) is 11.6 Å². The van der Waals surface area contributed by atoms with Gasteiger partial charge in [-0.25, -0.2) is 0 Å². The molecule has 1 atom stereocenters. The highest BCUT2D eigenvalue weighted by molar-refractivity contribution is 6.33. The summed E-state index contributed by atoms with van der Waals surface area (Å²) in [5.74, 6) is -0.161. The number of carbonyl (C=O) groups excluding carboxylic acids is 1. The molecule has 0 aliphatic carbocycles. The van der Waals surface area contributed by atoms with Gasteiger partial charge in [0.1, 0.15) is 0 Å². The average Bonchev–Trinajstić information content (AvgIpc) is 2.49. The molecule has 1 aromatic rings. The zero-order valence-corrected chi connectivity index (χ0v) is 13.0. The maximum Gasteiger partial charge on any atom is 0.418 e. The highest BCUT2D eigenvalue weighted by atomic mass is 35.5. The molecule has 3 aliphatic rings. The van der Waals surface area contributed by atoms with Gasteiger partial charge in [0, 0.05) is 18.2 Å². The smallest absolute Gasteiger partial charge is 0.397 e. The molecule has 0 aromatic heterocycles. The highest BCUT2D eigenvalue weighted by Crippen LogP contribution is 2.38. The van der Waals surface area contributed by atoms with Crippen molar-refractivity contribution in [3.8, 4) is 0 Å². The Bertz CT molecular complexity index is 627. The van der Waals surface area contributed by atoms with Gasteiger partial charge in [0.25, 0.3) is 5.91 Å². The van der Waals surface area contributed by atoms with Crippen LogP contribution in [0.15, 0.2) is 12.1 Å². The minimum Gasteiger partial charge on any atom is -0.397 e. The van der Waals surface area contributed by atoms with Crippen LogP contribution in [0.1, 0.15) is 28.8 Å². The molecule has 23 heavy (non-hydrogen) atoms. The van der Waals surface area contributed by atoms with Crippen LogP contribution in [0.2, 0.25) is 5.02 Å². The molecule has 3 aliphatic heterocycles. The van der Waals surface area contributed by atoms with Crippen molar-refractivity contribution in [1.82, 2.24) is 10.2 Å². The maximum atomic E-state index is 13.0. The van der Waals surface area contributed by atoms with Crippen molar-refractivity contribution in [2.24, 2.45) is 5.92 Å². The topological polar surface area (TPSA) is 58.4 Å². The van der Waals surface area contributed by atoms with Gasteiger partial charge in [-0.3, -0.25) is 4.79 Å². The predicted octanol–water partition coefficient (Wildman–Crippen LogP) is 2.77. The van der Waals surface area contributed by atoms with E-state index in [4.69, 9.17) is 17.3 Å². The Morgan fingerprint density at radius 2 is 1.96 bits per heavy atom. The number of hydrogen-bond donors (Lipinski definition) is 2. The lowest BCUT2D eigenvalue weighted by atomic mass is 9.84. The highest BCUT2D eigenvalue weighted by Gasteiger charge is 2.37. The van der Waals surface area contributed by atoms with Crippen LogP contribution in [-0.4, -0.2) is 36.5 Å². The summed E-state index contributed by atoms with van der Waals surface area (Å²) in [5, 5.41) is 2.58. The van der Waals surface area contributed by atoms with E-state index in [1.54, 1.807) is 0 Å². The molecule has 1 unspecified atom stereocenters. The Labute approximate surface area is 136 Å². The lowest BCUT2D eigenvalue weighted by Crippen LogP contribution is -2.57. The zero-order valence-electron chi connectivity index (χ0n) is 12.3. The number of fused-ring (bicyclic) bond motifs is 3. The third kappa shape index (κ3) is 3.26. The average molecular weight is 348 g/mol. The first-order chi connectivity index (χ1) is 10.8. The summed E-state index contributed by atoms with van der Waals surface area (Å²) in [6, 6.07) is 1.91. The molecule has 3 fully saturated rings. The number of halogens is 4. The molecule has 1 amide bonds. The van der Waals surface area contributed by atoms with E-state index in [9.17, 15) is 18.0 Å². The Morgan fingerprint density at radius 3 is 2.48 bits per heavy atom. The third-order valence-corrected chi connectivity index (χ3v) is 4.98. The van der Waals surface area contributed by atoms with Gasteiger partial charge in [-0.05, 0) is 44.0 Å². The van der Waals surface area contributed by atoms with Crippen LogP contribution in [0.5, 0.6) is 0 Å².